The Hall–Kier alpha value is -0.780. The molecule has 0 radical (unpaired) electrons. The molecule has 0 unspecified atom stereocenters. The molecule has 0 fully saturated rings. The van der Waals surface area contributed by atoms with Crippen molar-refractivity contribution in [3.63, 3.8) is 0 Å². The summed E-state index contributed by atoms with van der Waals surface area (Å²) >= 11 is 0. The van der Waals surface area contributed by atoms with Gasteiger partial charge in [0.05, 0.1) is 0 Å². The van der Waals surface area contributed by atoms with Crippen molar-refractivity contribution in [2.75, 3.05) is 0 Å². The molecule has 0 aromatic rings. The average Bonchev–Trinajstić information content (AvgIpc) is 1.85. The highest BCUT2D eigenvalue weighted by Gasteiger charge is 2.01. The van der Waals surface area contributed by atoms with Gasteiger partial charge >= 0.3 is 0 Å². The molecule has 5 heteroatoms. The van der Waals surface area contributed by atoms with Crippen molar-refractivity contribution in [2.24, 2.45) is 0 Å². The molecule has 8 heavy (non-hydrogen) atoms. The summed E-state index contributed by atoms with van der Waals surface area (Å²) in [7, 11) is 0. The highest BCUT2D eigenvalue weighted by Crippen LogP contribution is 2.12. The lowest BCUT2D eigenvalue weighted by molar-refractivity contribution is -0.214. The highest BCUT2D eigenvalue weighted by atomic mass is 17.1. The lowest BCUT2D eigenvalue weighted by Gasteiger charge is -2.27. The third kappa shape index (κ3) is 0.738. The number of hydroxylamine groups is 4. The summed E-state index contributed by atoms with van der Waals surface area (Å²) in [5.41, 5.74) is 0.250. The van der Waals surface area contributed by atoms with Gasteiger partial charge in [-0.15, -0.1) is 0 Å². The Balaban J connectivity index is 2.59. The average molecular weight is 116 g/mol. The van der Waals surface area contributed by atoms with E-state index in [-0.39, 0.29) is 16.2 Å². The normalized spacial score (nSPS) is 19.6. The van der Waals surface area contributed by atoms with Crippen molar-refractivity contribution in [1.29, 1.82) is 0 Å². The quantitative estimate of drug-likeness (QED) is 0.455. The monoisotopic (exact) mass is 116 g/mol. The number of nitrogens with zero attached hydrogens (tertiary/aromatic N) is 2. The van der Waals surface area contributed by atoms with E-state index in [0.29, 0.717) is 0 Å². The van der Waals surface area contributed by atoms with E-state index >= 15 is 0 Å². The summed E-state index contributed by atoms with van der Waals surface area (Å²) in [5, 5.41) is 20.5. The van der Waals surface area contributed by atoms with Crippen LogP contribution < -0.4 is 0 Å². The molecule has 1 aliphatic heterocycles. The van der Waals surface area contributed by atoms with Gasteiger partial charge in [-0.3, -0.25) is 10.5 Å². The minimum atomic E-state index is 0.0995. The van der Waals surface area contributed by atoms with Gasteiger partial charge in [0, 0.05) is 11.9 Å². The molecule has 5 nitrogen and oxygen atoms in total. The topological polar surface area (TPSA) is 61.8 Å². The van der Waals surface area contributed by atoms with Crippen LogP contribution in [0.15, 0.2) is 11.9 Å². The minimum absolute atomic E-state index is 0.0995. The van der Waals surface area contributed by atoms with Crippen molar-refractivity contribution < 1.29 is 4.94 Å². The Morgan fingerprint density at radius 2 is 2.25 bits per heavy atom. The van der Waals surface area contributed by atoms with Crippen LogP contribution in [0.4, 0.5) is 0 Å². The Labute approximate surface area is 45.8 Å². The van der Waals surface area contributed by atoms with Gasteiger partial charge in [0.2, 0.25) is 0 Å². The molecule has 0 amide bonds. The fourth-order valence-corrected chi connectivity index (χ4v) is 0.361. The van der Waals surface area contributed by atoms with E-state index in [4.69, 9.17) is 0 Å². The van der Waals surface area contributed by atoms with Crippen molar-refractivity contribution >= 4 is 0 Å². The fourth-order valence-electron chi connectivity index (χ4n) is 0.361. The van der Waals surface area contributed by atoms with E-state index in [1.54, 1.807) is 0 Å². The Kier molecular flexibility index (Phi) is 1.09. The van der Waals surface area contributed by atoms with E-state index in [0.717, 1.165) is 6.20 Å². The molecule has 0 N–H and O–H groups in total. The first-order valence-electron chi connectivity index (χ1n) is 2.00. The SMILES string of the molecule is CC1=CN([O-])ON1[O-]. The lowest BCUT2D eigenvalue weighted by Crippen LogP contribution is -2.12. The molecular weight excluding hydrogens is 112 g/mol. The predicted octanol–water partition coefficient (Wildman–Crippen LogP) is 0.308. The lowest BCUT2D eigenvalue weighted by atomic mass is 10.6. The van der Waals surface area contributed by atoms with Gasteiger partial charge in [0.25, 0.3) is 0 Å². The molecule has 0 saturated carbocycles. The van der Waals surface area contributed by atoms with Crippen LogP contribution in [0.3, 0.4) is 0 Å². The van der Waals surface area contributed by atoms with Crippen molar-refractivity contribution in [3.05, 3.63) is 22.3 Å². The molecular formula is C3H4N2O3-2. The van der Waals surface area contributed by atoms with Crippen molar-refractivity contribution in [2.45, 2.75) is 6.92 Å². The minimum Gasteiger partial charge on any atom is -0.732 e. The van der Waals surface area contributed by atoms with E-state index in [1.807, 2.05) is 0 Å². The number of hydrogen-bond acceptors (Lipinski definition) is 5. The maximum Gasteiger partial charge on any atom is 0.0453 e. The Bertz CT molecular complexity index is 124. The van der Waals surface area contributed by atoms with Crippen LogP contribution in [0.25, 0.3) is 0 Å². The van der Waals surface area contributed by atoms with Gasteiger partial charge in [-0.2, -0.15) is 4.94 Å². The van der Waals surface area contributed by atoms with E-state index < -0.39 is 0 Å². The third-order valence-corrected chi connectivity index (χ3v) is 0.735. The molecule has 0 aromatic carbocycles. The van der Waals surface area contributed by atoms with E-state index in [1.165, 1.54) is 6.92 Å². The van der Waals surface area contributed by atoms with Crippen molar-refractivity contribution in [3.8, 4) is 0 Å². The summed E-state index contributed by atoms with van der Waals surface area (Å²) in [6.07, 6.45) is 1.05. The van der Waals surface area contributed by atoms with E-state index in [2.05, 4.69) is 4.94 Å². The summed E-state index contributed by atoms with van der Waals surface area (Å²) in [4.78, 5) is 3.94. The standard InChI is InChI=1S/C3H4N2O3/c1-3-2-4(6)8-5(3)7/h2H,1H3/q-2. The Morgan fingerprint density at radius 1 is 1.62 bits per heavy atom. The zero-order valence-electron chi connectivity index (χ0n) is 4.20. The van der Waals surface area contributed by atoms with Crippen LogP contribution in [0.2, 0.25) is 0 Å². The molecule has 0 aliphatic carbocycles. The van der Waals surface area contributed by atoms with E-state index in [9.17, 15) is 10.4 Å². The Morgan fingerprint density at radius 3 is 2.38 bits per heavy atom. The summed E-state index contributed by atoms with van der Waals surface area (Å²) < 4.78 is 0. The van der Waals surface area contributed by atoms with Gasteiger partial charge in [-0.1, -0.05) is 0 Å². The highest BCUT2D eigenvalue weighted by molar-refractivity contribution is 4.96. The van der Waals surface area contributed by atoms with Crippen LogP contribution in [-0.2, 0) is 4.94 Å². The molecule has 1 rings (SSSR count). The third-order valence-electron chi connectivity index (χ3n) is 0.735. The van der Waals surface area contributed by atoms with Crippen molar-refractivity contribution in [1.82, 2.24) is 10.5 Å². The fraction of sp³-hybridized carbons (Fsp3) is 0.333. The number of hydrogen-bond donors (Lipinski definition) is 0. The second kappa shape index (κ2) is 1.62. The molecule has 46 valence electrons. The van der Waals surface area contributed by atoms with Gasteiger partial charge in [-0.25, -0.2) is 0 Å². The predicted molar refractivity (Wildman–Crippen MR) is 25.3 cm³/mol. The first-order chi connectivity index (χ1) is 3.70. The van der Waals surface area contributed by atoms with Gasteiger partial charge in [-0.05, 0) is 6.92 Å². The zero-order valence-corrected chi connectivity index (χ0v) is 4.20. The first kappa shape index (κ1) is 5.36. The van der Waals surface area contributed by atoms with Gasteiger partial charge in [0.15, 0.2) is 0 Å². The largest absolute Gasteiger partial charge is 0.732 e. The summed E-state index contributed by atoms with van der Waals surface area (Å²) in [6, 6.07) is 0. The second-order valence-electron chi connectivity index (χ2n) is 1.39. The van der Waals surface area contributed by atoms with Gasteiger partial charge in [0.1, 0.15) is 0 Å². The van der Waals surface area contributed by atoms with Crippen LogP contribution in [-0.4, -0.2) is 10.5 Å². The van der Waals surface area contributed by atoms with Crippen LogP contribution in [0.5, 0.6) is 0 Å². The van der Waals surface area contributed by atoms with Crippen LogP contribution in [0.1, 0.15) is 6.92 Å². The number of allylic oxidation sites excluding steroid dienone is 1. The van der Waals surface area contributed by atoms with Crippen LogP contribution in [0, 0.1) is 10.4 Å². The molecule has 0 saturated heterocycles. The summed E-state index contributed by atoms with van der Waals surface area (Å²) in [6.45, 7) is 1.48. The zero-order chi connectivity index (χ0) is 6.15. The maximum atomic E-state index is 10.2. The molecule has 0 spiro atoms. The smallest absolute Gasteiger partial charge is 0.0453 e. The van der Waals surface area contributed by atoms with Gasteiger partial charge < -0.3 is 10.4 Å². The van der Waals surface area contributed by atoms with Crippen LogP contribution >= 0.6 is 0 Å². The maximum absolute atomic E-state index is 10.2. The second-order valence-corrected chi connectivity index (χ2v) is 1.39. The molecule has 0 atom stereocenters. The molecule has 1 heterocycles. The summed E-state index contributed by atoms with van der Waals surface area (Å²) in [5.74, 6) is 0. The molecule has 0 bridgehead atoms. The number of rotatable bonds is 0. The molecule has 1 aliphatic rings. The molecule has 0 aromatic heterocycles. The first-order valence-corrected chi connectivity index (χ1v) is 2.00.